The first-order valence-electron chi connectivity index (χ1n) is 7.43. The topological polar surface area (TPSA) is 75.7 Å². The maximum atomic E-state index is 12.3. The van der Waals surface area contributed by atoms with Gasteiger partial charge in [-0.3, -0.25) is 4.79 Å². The number of ether oxygens (including phenoxy) is 1. The van der Waals surface area contributed by atoms with Crippen LogP contribution in [-0.4, -0.2) is 33.5 Å². The lowest BCUT2D eigenvalue weighted by Crippen LogP contribution is -2.41. The number of hydrogen-bond acceptors (Lipinski definition) is 4. The van der Waals surface area contributed by atoms with E-state index in [1.807, 2.05) is 13.8 Å². The quantitative estimate of drug-likeness (QED) is 0.839. The van der Waals surface area contributed by atoms with Gasteiger partial charge in [-0.15, -0.1) is 0 Å². The first kappa shape index (κ1) is 16.8. The number of nitrogens with one attached hydrogen (secondary N) is 1. The summed E-state index contributed by atoms with van der Waals surface area (Å²) in [5.41, 5.74) is 0.504. The number of benzene rings is 1. The van der Waals surface area contributed by atoms with E-state index in [0.29, 0.717) is 24.5 Å². The lowest BCUT2D eigenvalue weighted by Gasteiger charge is -2.33. The second-order valence-electron chi connectivity index (χ2n) is 5.44. The molecule has 0 spiro atoms. The molecule has 1 aliphatic heterocycles. The second kappa shape index (κ2) is 6.66. The average molecular weight is 326 g/mol. The van der Waals surface area contributed by atoms with E-state index in [1.54, 1.807) is 11.0 Å². The van der Waals surface area contributed by atoms with E-state index in [1.165, 1.54) is 19.1 Å². The maximum absolute atomic E-state index is 12.3. The summed E-state index contributed by atoms with van der Waals surface area (Å²) in [5, 5.41) is 0. The number of fused-ring (bicyclic) bond motifs is 1. The van der Waals surface area contributed by atoms with Gasteiger partial charge in [-0.25, -0.2) is 13.1 Å². The third kappa shape index (κ3) is 3.59. The minimum atomic E-state index is -3.57. The lowest BCUT2D eigenvalue weighted by atomic mass is 10.2. The van der Waals surface area contributed by atoms with Gasteiger partial charge in [0.1, 0.15) is 11.9 Å². The number of carbonyl (C=O) groups is 1. The summed E-state index contributed by atoms with van der Waals surface area (Å²) < 4.78 is 32.8. The number of sulfonamides is 1. The molecule has 1 unspecified atom stereocenters. The van der Waals surface area contributed by atoms with Crippen LogP contribution in [0.4, 0.5) is 5.69 Å². The molecule has 1 heterocycles. The molecule has 0 aromatic heterocycles. The van der Waals surface area contributed by atoms with Gasteiger partial charge in [-0.1, -0.05) is 13.3 Å². The zero-order valence-corrected chi connectivity index (χ0v) is 13.9. The number of amides is 1. The molecule has 1 aliphatic rings. The highest BCUT2D eigenvalue weighted by Crippen LogP contribution is 2.35. The van der Waals surface area contributed by atoms with Crippen LogP contribution in [-0.2, 0) is 14.8 Å². The van der Waals surface area contributed by atoms with Crippen LogP contribution in [0.2, 0.25) is 0 Å². The molecule has 0 saturated carbocycles. The molecule has 0 bridgehead atoms. The molecular weight excluding hydrogens is 304 g/mol. The Morgan fingerprint density at radius 3 is 2.82 bits per heavy atom. The molecule has 1 aromatic carbocycles. The predicted octanol–water partition coefficient (Wildman–Crippen LogP) is 1.90. The Labute approximate surface area is 131 Å². The van der Waals surface area contributed by atoms with E-state index in [0.717, 1.165) is 12.8 Å². The molecule has 1 atom stereocenters. The largest absolute Gasteiger partial charge is 0.487 e. The Bertz CT molecular complexity index is 658. The van der Waals surface area contributed by atoms with E-state index < -0.39 is 10.0 Å². The summed E-state index contributed by atoms with van der Waals surface area (Å²) in [5.74, 6) is 0.395. The molecule has 1 amide bonds. The van der Waals surface area contributed by atoms with Crippen molar-refractivity contribution < 1.29 is 17.9 Å². The maximum Gasteiger partial charge on any atom is 0.240 e. The van der Waals surface area contributed by atoms with Crippen LogP contribution in [0.15, 0.2) is 23.1 Å². The summed E-state index contributed by atoms with van der Waals surface area (Å²) in [6.45, 7) is 6.14. The zero-order valence-electron chi connectivity index (χ0n) is 13.1. The van der Waals surface area contributed by atoms with Crippen molar-refractivity contribution in [2.45, 2.75) is 44.6 Å². The molecule has 0 radical (unpaired) electrons. The minimum absolute atomic E-state index is 0.124. The Kier molecular flexibility index (Phi) is 5.08. The number of anilines is 1. The third-order valence-corrected chi connectivity index (χ3v) is 4.96. The van der Waals surface area contributed by atoms with Crippen LogP contribution in [0.3, 0.4) is 0 Å². The van der Waals surface area contributed by atoms with Crippen LogP contribution in [0.25, 0.3) is 0 Å². The van der Waals surface area contributed by atoms with E-state index >= 15 is 0 Å². The molecule has 1 aromatic rings. The number of hydrogen-bond donors (Lipinski definition) is 1. The molecule has 6 nitrogen and oxygen atoms in total. The minimum Gasteiger partial charge on any atom is -0.487 e. The Morgan fingerprint density at radius 1 is 1.45 bits per heavy atom. The van der Waals surface area contributed by atoms with Crippen LogP contribution >= 0.6 is 0 Å². The fourth-order valence-corrected chi connectivity index (χ4v) is 3.44. The SMILES string of the molecule is CCCCNS(=O)(=O)c1ccc2c(c1)N(C(C)=O)CC(C)O2. The van der Waals surface area contributed by atoms with E-state index in [-0.39, 0.29) is 16.9 Å². The van der Waals surface area contributed by atoms with Gasteiger partial charge in [-0.2, -0.15) is 0 Å². The van der Waals surface area contributed by atoms with Gasteiger partial charge in [0, 0.05) is 13.5 Å². The van der Waals surface area contributed by atoms with Gasteiger partial charge >= 0.3 is 0 Å². The number of rotatable bonds is 5. The van der Waals surface area contributed by atoms with Crippen molar-refractivity contribution in [3.8, 4) is 5.75 Å². The number of nitrogens with zero attached hydrogens (tertiary/aromatic N) is 1. The van der Waals surface area contributed by atoms with Crippen LogP contribution < -0.4 is 14.4 Å². The van der Waals surface area contributed by atoms with Gasteiger partial charge in [0.25, 0.3) is 0 Å². The first-order chi connectivity index (χ1) is 10.3. The van der Waals surface area contributed by atoms with E-state index in [9.17, 15) is 13.2 Å². The fraction of sp³-hybridized carbons (Fsp3) is 0.533. The molecular formula is C15H22N2O4S. The molecule has 0 aliphatic carbocycles. The van der Waals surface area contributed by atoms with Crippen molar-refractivity contribution in [3.05, 3.63) is 18.2 Å². The molecule has 122 valence electrons. The van der Waals surface area contributed by atoms with Crippen molar-refractivity contribution in [2.24, 2.45) is 0 Å². The molecule has 2 rings (SSSR count). The first-order valence-corrected chi connectivity index (χ1v) is 8.92. The van der Waals surface area contributed by atoms with Crippen molar-refractivity contribution >= 4 is 21.6 Å². The smallest absolute Gasteiger partial charge is 0.240 e. The van der Waals surface area contributed by atoms with Crippen molar-refractivity contribution in [2.75, 3.05) is 18.0 Å². The summed E-state index contributed by atoms with van der Waals surface area (Å²) in [7, 11) is -3.57. The van der Waals surface area contributed by atoms with Crippen LogP contribution in [0, 0.1) is 0 Å². The number of unbranched alkanes of at least 4 members (excludes halogenated alkanes) is 1. The van der Waals surface area contributed by atoms with Crippen LogP contribution in [0.5, 0.6) is 5.75 Å². The third-order valence-electron chi connectivity index (χ3n) is 3.50. The van der Waals surface area contributed by atoms with Crippen LogP contribution in [0.1, 0.15) is 33.6 Å². The zero-order chi connectivity index (χ0) is 16.3. The lowest BCUT2D eigenvalue weighted by molar-refractivity contribution is -0.117. The molecule has 0 saturated heterocycles. The Morgan fingerprint density at radius 2 is 2.18 bits per heavy atom. The van der Waals surface area contributed by atoms with Crippen molar-refractivity contribution in [1.29, 1.82) is 0 Å². The van der Waals surface area contributed by atoms with Gasteiger partial charge in [0.2, 0.25) is 15.9 Å². The summed E-state index contributed by atoms with van der Waals surface area (Å²) in [6.07, 6.45) is 1.57. The van der Waals surface area contributed by atoms with Crippen molar-refractivity contribution in [1.82, 2.24) is 4.72 Å². The van der Waals surface area contributed by atoms with E-state index in [2.05, 4.69) is 4.72 Å². The second-order valence-corrected chi connectivity index (χ2v) is 7.21. The number of carbonyl (C=O) groups excluding carboxylic acids is 1. The average Bonchev–Trinajstić information content (AvgIpc) is 2.45. The normalized spacial score (nSPS) is 17.8. The standard InChI is InChI=1S/C15H22N2O4S/c1-4-5-8-16-22(19,20)13-6-7-15-14(9-13)17(12(3)18)10-11(2)21-15/h6-7,9,11,16H,4-5,8,10H2,1-3H3. The molecule has 22 heavy (non-hydrogen) atoms. The van der Waals surface area contributed by atoms with Gasteiger partial charge in [0.05, 0.1) is 17.1 Å². The van der Waals surface area contributed by atoms with Crippen molar-refractivity contribution in [3.63, 3.8) is 0 Å². The highest BCUT2D eigenvalue weighted by atomic mass is 32.2. The summed E-state index contributed by atoms with van der Waals surface area (Å²) in [4.78, 5) is 13.5. The molecule has 1 N–H and O–H groups in total. The Hall–Kier alpha value is -1.60. The highest BCUT2D eigenvalue weighted by Gasteiger charge is 2.27. The van der Waals surface area contributed by atoms with E-state index in [4.69, 9.17) is 4.74 Å². The summed E-state index contributed by atoms with van der Waals surface area (Å²) in [6, 6.07) is 4.61. The highest BCUT2D eigenvalue weighted by molar-refractivity contribution is 7.89. The van der Waals surface area contributed by atoms with Gasteiger partial charge in [0.15, 0.2) is 0 Å². The fourth-order valence-electron chi connectivity index (χ4n) is 2.35. The van der Waals surface area contributed by atoms with Gasteiger partial charge < -0.3 is 9.64 Å². The monoisotopic (exact) mass is 326 g/mol. The summed E-state index contributed by atoms with van der Waals surface area (Å²) >= 11 is 0. The Balaban J connectivity index is 2.34. The molecule has 7 heteroatoms. The predicted molar refractivity (Wildman–Crippen MR) is 84.7 cm³/mol. The van der Waals surface area contributed by atoms with Gasteiger partial charge in [-0.05, 0) is 31.5 Å². The molecule has 0 fully saturated rings.